The molecule has 3 heteroatoms. The molecule has 122 valence electrons. The van der Waals surface area contributed by atoms with Crippen molar-refractivity contribution in [2.75, 3.05) is 13.1 Å². The van der Waals surface area contributed by atoms with Crippen LogP contribution in [-0.4, -0.2) is 29.6 Å². The van der Waals surface area contributed by atoms with Crippen LogP contribution in [0, 0.1) is 5.92 Å². The molecule has 2 rings (SSSR count). The summed E-state index contributed by atoms with van der Waals surface area (Å²) in [5, 5.41) is 0. The Hall–Kier alpha value is -1.35. The molecule has 0 bridgehead atoms. The lowest BCUT2D eigenvalue weighted by Gasteiger charge is -2.31. The highest BCUT2D eigenvalue weighted by Gasteiger charge is 2.19. The molecule has 0 spiro atoms. The molecular formula is C19H29NO2. The van der Waals surface area contributed by atoms with Gasteiger partial charge in [0.1, 0.15) is 5.60 Å². The molecule has 1 aromatic rings. The van der Waals surface area contributed by atoms with Crippen LogP contribution in [0.3, 0.4) is 0 Å². The summed E-state index contributed by atoms with van der Waals surface area (Å²) < 4.78 is 5.39. The van der Waals surface area contributed by atoms with Crippen molar-refractivity contribution in [1.82, 2.24) is 4.90 Å². The number of carbonyl (C=O) groups is 1. The van der Waals surface area contributed by atoms with Crippen molar-refractivity contribution in [2.45, 2.75) is 59.1 Å². The summed E-state index contributed by atoms with van der Waals surface area (Å²) in [5.74, 6) is 0.661. The zero-order valence-corrected chi connectivity index (χ0v) is 14.4. The first kappa shape index (κ1) is 17.0. The summed E-state index contributed by atoms with van der Waals surface area (Å²) in [6.07, 6.45) is 3.93. The SMILES string of the molecule is CCC1CCN(Cc2ccc(C(=O)OC(C)(C)C)cc2)CC1. The van der Waals surface area contributed by atoms with Gasteiger partial charge in [-0.3, -0.25) is 4.90 Å². The van der Waals surface area contributed by atoms with E-state index in [0.717, 1.165) is 12.5 Å². The lowest BCUT2D eigenvalue weighted by molar-refractivity contribution is 0.00695. The third-order valence-electron chi connectivity index (χ3n) is 4.28. The molecule has 1 aromatic carbocycles. The Morgan fingerprint density at radius 3 is 2.27 bits per heavy atom. The lowest BCUT2D eigenvalue weighted by atomic mass is 9.94. The summed E-state index contributed by atoms with van der Waals surface area (Å²) in [5.41, 5.74) is 1.45. The van der Waals surface area contributed by atoms with E-state index in [2.05, 4.69) is 11.8 Å². The molecular weight excluding hydrogens is 274 g/mol. The normalized spacial score (nSPS) is 17.5. The predicted molar refractivity (Wildman–Crippen MR) is 89.9 cm³/mol. The summed E-state index contributed by atoms with van der Waals surface area (Å²) in [7, 11) is 0. The molecule has 1 heterocycles. The van der Waals surface area contributed by atoms with E-state index in [1.54, 1.807) is 0 Å². The Balaban J connectivity index is 1.88. The fourth-order valence-corrected chi connectivity index (χ4v) is 2.89. The number of hydrogen-bond acceptors (Lipinski definition) is 3. The molecule has 22 heavy (non-hydrogen) atoms. The summed E-state index contributed by atoms with van der Waals surface area (Å²) in [4.78, 5) is 14.5. The number of hydrogen-bond donors (Lipinski definition) is 0. The van der Waals surface area contributed by atoms with Gasteiger partial charge in [-0.15, -0.1) is 0 Å². The third-order valence-corrected chi connectivity index (χ3v) is 4.28. The van der Waals surface area contributed by atoms with E-state index in [1.165, 1.54) is 37.9 Å². The van der Waals surface area contributed by atoms with Crippen LogP contribution >= 0.6 is 0 Å². The fraction of sp³-hybridized carbons (Fsp3) is 0.632. The van der Waals surface area contributed by atoms with Crippen molar-refractivity contribution in [2.24, 2.45) is 5.92 Å². The zero-order valence-electron chi connectivity index (χ0n) is 14.4. The van der Waals surface area contributed by atoms with Gasteiger partial charge >= 0.3 is 5.97 Å². The van der Waals surface area contributed by atoms with E-state index in [4.69, 9.17) is 4.74 Å². The van der Waals surface area contributed by atoms with Gasteiger partial charge in [-0.05, 0) is 70.3 Å². The lowest BCUT2D eigenvalue weighted by Crippen LogP contribution is -2.33. The summed E-state index contributed by atoms with van der Waals surface area (Å²) >= 11 is 0. The highest BCUT2D eigenvalue weighted by atomic mass is 16.6. The molecule has 0 aliphatic carbocycles. The first-order valence-corrected chi connectivity index (χ1v) is 8.42. The first-order chi connectivity index (χ1) is 10.4. The minimum absolute atomic E-state index is 0.247. The van der Waals surface area contributed by atoms with Gasteiger partial charge in [-0.25, -0.2) is 4.79 Å². The van der Waals surface area contributed by atoms with Crippen molar-refractivity contribution >= 4 is 5.97 Å². The van der Waals surface area contributed by atoms with E-state index in [0.29, 0.717) is 5.56 Å². The molecule has 0 amide bonds. The van der Waals surface area contributed by atoms with E-state index >= 15 is 0 Å². The van der Waals surface area contributed by atoms with E-state index in [9.17, 15) is 4.79 Å². The second-order valence-corrected chi connectivity index (χ2v) is 7.33. The fourth-order valence-electron chi connectivity index (χ4n) is 2.89. The van der Waals surface area contributed by atoms with Crippen LogP contribution in [0.2, 0.25) is 0 Å². The molecule has 0 radical (unpaired) electrons. The number of carbonyl (C=O) groups excluding carboxylic acids is 1. The van der Waals surface area contributed by atoms with Crippen LogP contribution in [0.4, 0.5) is 0 Å². The number of ether oxygens (including phenoxy) is 1. The van der Waals surface area contributed by atoms with Crippen LogP contribution in [0.25, 0.3) is 0 Å². The third kappa shape index (κ3) is 5.13. The average molecular weight is 303 g/mol. The Morgan fingerprint density at radius 1 is 1.18 bits per heavy atom. The van der Waals surface area contributed by atoms with Gasteiger partial charge in [0.15, 0.2) is 0 Å². The first-order valence-electron chi connectivity index (χ1n) is 8.42. The van der Waals surface area contributed by atoms with Crippen LogP contribution < -0.4 is 0 Å². The molecule has 0 atom stereocenters. The molecule has 0 aromatic heterocycles. The molecule has 1 saturated heterocycles. The average Bonchev–Trinajstić information content (AvgIpc) is 2.47. The maximum atomic E-state index is 12.0. The topological polar surface area (TPSA) is 29.5 Å². The second-order valence-electron chi connectivity index (χ2n) is 7.33. The minimum atomic E-state index is -0.445. The number of benzene rings is 1. The van der Waals surface area contributed by atoms with Crippen LogP contribution in [0.15, 0.2) is 24.3 Å². The number of esters is 1. The molecule has 3 nitrogen and oxygen atoms in total. The van der Waals surface area contributed by atoms with Gasteiger partial charge in [0.25, 0.3) is 0 Å². The van der Waals surface area contributed by atoms with Crippen LogP contribution in [-0.2, 0) is 11.3 Å². The van der Waals surface area contributed by atoms with Crippen molar-refractivity contribution in [3.8, 4) is 0 Å². The molecule has 0 unspecified atom stereocenters. The van der Waals surface area contributed by atoms with Gasteiger partial charge < -0.3 is 4.74 Å². The van der Waals surface area contributed by atoms with E-state index in [-0.39, 0.29) is 5.97 Å². The summed E-state index contributed by atoms with van der Waals surface area (Å²) in [6, 6.07) is 7.85. The minimum Gasteiger partial charge on any atom is -0.456 e. The van der Waals surface area contributed by atoms with Gasteiger partial charge in [-0.2, -0.15) is 0 Å². The Bertz CT molecular complexity index is 479. The standard InChI is InChI=1S/C19H29NO2/c1-5-15-10-12-20(13-11-15)14-16-6-8-17(9-7-16)18(21)22-19(2,3)4/h6-9,15H,5,10-14H2,1-4H3. The Kier molecular flexibility index (Phi) is 5.63. The Morgan fingerprint density at radius 2 is 1.77 bits per heavy atom. The van der Waals surface area contributed by atoms with Crippen molar-refractivity contribution in [3.05, 3.63) is 35.4 Å². The monoisotopic (exact) mass is 303 g/mol. The molecule has 0 saturated carbocycles. The predicted octanol–water partition coefficient (Wildman–Crippen LogP) is 4.26. The maximum absolute atomic E-state index is 12.0. The molecule has 1 aliphatic rings. The number of rotatable bonds is 4. The van der Waals surface area contributed by atoms with Crippen LogP contribution in [0.5, 0.6) is 0 Å². The van der Waals surface area contributed by atoms with Crippen molar-refractivity contribution < 1.29 is 9.53 Å². The van der Waals surface area contributed by atoms with E-state index in [1.807, 2.05) is 45.0 Å². The summed E-state index contributed by atoms with van der Waals surface area (Å²) in [6.45, 7) is 11.3. The quantitative estimate of drug-likeness (QED) is 0.778. The zero-order chi connectivity index (χ0) is 16.2. The maximum Gasteiger partial charge on any atom is 0.338 e. The van der Waals surface area contributed by atoms with Gasteiger partial charge in [0.05, 0.1) is 5.56 Å². The van der Waals surface area contributed by atoms with Gasteiger partial charge in [-0.1, -0.05) is 25.5 Å². The second kappa shape index (κ2) is 7.28. The number of likely N-dealkylation sites (tertiary alicyclic amines) is 1. The van der Waals surface area contributed by atoms with E-state index < -0.39 is 5.60 Å². The van der Waals surface area contributed by atoms with Gasteiger partial charge in [0.2, 0.25) is 0 Å². The largest absolute Gasteiger partial charge is 0.456 e. The molecule has 1 aliphatic heterocycles. The van der Waals surface area contributed by atoms with Crippen LogP contribution in [0.1, 0.15) is 62.9 Å². The number of piperidine rings is 1. The Labute approximate surface area is 134 Å². The molecule has 1 fully saturated rings. The number of nitrogens with zero attached hydrogens (tertiary/aromatic N) is 1. The highest BCUT2D eigenvalue weighted by molar-refractivity contribution is 5.89. The van der Waals surface area contributed by atoms with Crippen molar-refractivity contribution in [1.29, 1.82) is 0 Å². The molecule has 0 N–H and O–H groups in total. The van der Waals surface area contributed by atoms with Crippen molar-refractivity contribution in [3.63, 3.8) is 0 Å². The van der Waals surface area contributed by atoms with Gasteiger partial charge in [0, 0.05) is 6.54 Å². The highest BCUT2D eigenvalue weighted by Crippen LogP contribution is 2.21. The smallest absolute Gasteiger partial charge is 0.338 e.